The summed E-state index contributed by atoms with van der Waals surface area (Å²) in [7, 11) is 0. The number of hydrogen-bond acceptors (Lipinski definition) is 4. The van der Waals surface area contributed by atoms with E-state index in [-0.39, 0.29) is 17.3 Å². The number of nitrogens with two attached hydrogens (primary N) is 1. The molecule has 1 atom stereocenters. The number of benzene rings is 2. The van der Waals surface area contributed by atoms with E-state index in [1.807, 2.05) is 18.2 Å². The van der Waals surface area contributed by atoms with Crippen LogP contribution in [0.2, 0.25) is 0 Å². The van der Waals surface area contributed by atoms with Gasteiger partial charge in [-0.2, -0.15) is 0 Å². The summed E-state index contributed by atoms with van der Waals surface area (Å²) < 4.78 is 0. The SMILES string of the molecule is NC(=O)c1ccc(NC2CCc3ccccc32)c([N+](=O)[O-])c1. The van der Waals surface area contributed by atoms with Crippen molar-refractivity contribution in [1.29, 1.82) is 0 Å². The Hall–Kier alpha value is -2.89. The van der Waals surface area contributed by atoms with Crippen molar-refractivity contribution in [3.8, 4) is 0 Å². The Balaban J connectivity index is 1.93. The zero-order chi connectivity index (χ0) is 15.7. The topological polar surface area (TPSA) is 98.3 Å². The zero-order valence-corrected chi connectivity index (χ0v) is 11.8. The zero-order valence-electron chi connectivity index (χ0n) is 11.8. The lowest BCUT2D eigenvalue weighted by molar-refractivity contribution is -0.384. The van der Waals surface area contributed by atoms with Gasteiger partial charge in [0.1, 0.15) is 5.69 Å². The van der Waals surface area contributed by atoms with Crippen molar-refractivity contribution in [3.63, 3.8) is 0 Å². The number of nitrogens with zero attached hydrogens (tertiary/aromatic N) is 1. The van der Waals surface area contributed by atoms with Crippen molar-refractivity contribution in [1.82, 2.24) is 0 Å². The van der Waals surface area contributed by atoms with Crippen LogP contribution in [0.1, 0.15) is 33.9 Å². The lowest BCUT2D eigenvalue weighted by atomic mass is 10.1. The number of nitrogens with one attached hydrogen (secondary N) is 1. The Bertz CT molecular complexity index is 758. The molecule has 6 heteroatoms. The molecule has 0 bridgehead atoms. The van der Waals surface area contributed by atoms with Crippen LogP contribution in [0.4, 0.5) is 11.4 Å². The molecule has 112 valence electrons. The van der Waals surface area contributed by atoms with Gasteiger partial charge in [0.05, 0.1) is 11.0 Å². The van der Waals surface area contributed by atoms with E-state index in [4.69, 9.17) is 5.73 Å². The van der Waals surface area contributed by atoms with E-state index in [1.165, 1.54) is 17.7 Å². The Kier molecular flexibility index (Phi) is 3.50. The largest absolute Gasteiger partial charge is 0.373 e. The van der Waals surface area contributed by atoms with E-state index in [2.05, 4.69) is 11.4 Å². The molecule has 6 nitrogen and oxygen atoms in total. The van der Waals surface area contributed by atoms with Gasteiger partial charge in [0.15, 0.2) is 0 Å². The summed E-state index contributed by atoms with van der Waals surface area (Å²) in [6.07, 6.45) is 1.83. The van der Waals surface area contributed by atoms with Crippen LogP contribution in [0.15, 0.2) is 42.5 Å². The van der Waals surface area contributed by atoms with Crippen LogP contribution in [-0.2, 0) is 6.42 Å². The van der Waals surface area contributed by atoms with Crippen LogP contribution in [0.3, 0.4) is 0 Å². The van der Waals surface area contributed by atoms with Gasteiger partial charge in [0, 0.05) is 11.6 Å². The molecule has 2 aromatic rings. The van der Waals surface area contributed by atoms with E-state index in [9.17, 15) is 14.9 Å². The first-order valence-electron chi connectivity index (χ1n) is 6.99. The lowest BCUT2D eigenvalue weighted by Crippen LogP contribution is -2.13. The van der Waals surface area contributed by atoms with Gasteiger partial charge in [0.25, 0.3) is 5.69 Å². The van der Waals surface area contributed by atoms with Crippen molar-refractivity contribution in [2.24, 2.45) is 5.73 Å². The number of fused-ring (bicyclic) bond motifs is 1. The van der Waals surface area contributed by atoms with Crippen molar-refractivity contribution >= 4 is 17.3 Å². The number of anilines is 1. The number of amides is 1. The molecule has 3 N–H and O–H groups in total. The highest BCUT2D eigenvalue weighted by atomic mass is 16.6. The standard InChI is InChI=1S/C16H15N3O3/c17-16(20)11-6-8-14(15(9-11)19(21)22)18-13-7-5-10-3-1-2-4-12(10)13/h1-4,6,8-9,13,18H,5,7H2,(H2,17,20). The minimum absolute atomic E-state index is 0.0364. The predicted molar refractivity (Wildman–Crippen MR) is 82.7 cm³/mol. The molecule has 1 unspecified atom stereocenters. The van der Waals surface area contributed by atoms with Crippen LogP contribution in [0, 0.1) is 10.1 Å². The van der Waals surface area contributed by atoms with Crippen LogP contribution in [-0.4, -0.2) is 10.8 Å². The molecular formula is C16H15N3O3. The molecule has 2 aromatic carbocycles. The summed E-state index contributed by atoms with van der Waals surface area (Å²) in [5.41, 5.74) is 7.99. The fraction of sp³-hybridized carbons (Fsp3) is 0.188. The summed E-state index contributed by atoms with van der Waals surface area (Å²) in [5.74, 6) is -0.680. The number of primary amides is 1. The Morgan fingerprint density at radius 3 is 2.77 bits per heavy atom. The van der Waals surface area contributed by atoms with Gasteiger partial charge in [-0.25, -0.2) is 0 Å². The highest BCUT2D eigenvalue weighted by Gasteiger charge is 2.25. The molecule has 0 heterocycles. The maximum Gasteiger partial charge on any atom is 0.293 e. The molecular weight excluding hydrogens is 282 g/mol. The second kappa shape index (κ2) is 5.48. The number of hydrogen-bond donors (Lipinski definition) is 2. The van der Waals surface area contributed by atoms with E-state index < -0.39 is 10.8 Å². The smallest absolute Gasteiger partial charge is 0.293 e. The third-order valence-corrected chi connectivity index (χ3v) is 3.94. The molecule has 0 saturated heterocycles. The highest BCUT2D eigenvalue weighted by Crippen LogP contribution is 2.36. The summed E-state index contributed by atoms with van der Waals surface area (Å²) >= 11 is 0. The van der Waals surface area contributed by atoms with E-state index in [0.717, 1.165) is 18.4 Å². The molecule has 1 aliphatic carbocycles. The van der Waals surface area contributed by atoms with Crippen LogP contribution in [0.5, 0.6) is 0 Å². The maximum atomic E-state index is 11.2. The van der Waals surface area contributed by atoms with Crippen molar-refractivity contribution in [2.75, 3.05) is 5.32 Å². The first-order chi connectivity index (χ1) is 10.6. The molecule has 0 aromatic heterocycles. The third kappa shape index (κ3) is 2.50. The second-order valence-corrected chi connectivity index (χ2v) is 5.29. The van der Waals surface area contributed by atoms with Gasteiger partial charge >= 0.3 is 0 Å². The minimum atomic E-state index is -0.680. The summed E-state index contributed by atoms with van der Waals surface area (Å²) in [5, 5.41) is 14.4. The number of carbonyl (C=O) groups excluding carboxylic acids is 1. The monoisotopic (exact) mass is 297 g/mol. The summed E-state index contributed by atoms with van der Waals surface area (Å²) in [6.45, 7) is 0. The normalized spacial score (nSPS) is 16.1. The van der Waals surface area contributed by atoms with Gasteiger partial charge in [0.2, 0.25) is 5.91 Å². The average Bonchev–Trinajstić information content (AvgIpc) is 2.90. The molecule has 1 aliphatic rings. The van der Waals surface area contributed by atoms with Gasteiger partial charge in [-0.3, -0.25) is 14.9 Å². The highest BCUT2D eigenvalue weighted by molar-refractivity contribution is 5.94. The fourth-order valence-corrected chi connectivity index (χ4v) is 2.85. The molecule has 0 radical (unpaired) electrons. The predicted octanol–water partition coefficient (Wildman–Crippen LogP) is 2.79. The van der Waals surface area contributed by atoms with Gasteiger partial charge in [-0.1, -0.05) is 24.3 Å². The Morgan fingerprint density at radius 1 is 1.27 bits per heavy atom. The van der Waals surface area contributed by atoms with E-state index >= 15 is 0 Å². The average molecular weight is 297 g/mol. The Morgan fingerprint density at radius 2 is 2.05 bits per heavy atom. The van der Waals surface area contributed by atoms with Gasteiger partial charge in [-0.05, 0) is 36.1 Å². The van der Waals surface area contributed by atoms with Crippen LogP contribution >= 0.6 is 0 Å². The lowest BCUT2D eigenvalue weighted by Gasteiger charge is -2.15. The van der Waals surface area contributed by atoms with Crippen molar-refractivity contribution in [2.45, 2.75) is 18.9 Å². The minimum Gasteiger partial charge on any atom is -0.373 e. The van der Waals surface area contributed by atoms with Crippen molar-refractivity contribution in [3.05, 3.63) is 69.3 Å². The molecule has 3 rings (SSSR count). The third-order valence-electron chi connectivity index (χ3n) is 3.94. The molecule has 22 heavy (non-hydrogen) atoms. The van der Waals surface area contributed by atoms with E-state index in [0.29, 0.717) is 5.69 Å². The van der Waals surface area contributed by atoms with Gasteiger partial charge in [-0.15, -0.1) is 0 Å². The first-order valence-corrected chi connectivity index (χ1v) is 6.99. The second-order valence-electron chi connectivity index (χ2n) is 5.29. The fourth-order valence-electron chi connectivity index (χ4n) is 2.85. The van der Waals surface area contributed by atoms with Crippen LogP contribution in [0.25, 0.3) is 0 Å². The van der Waals surface area contributed by atoms with Gasteiger partial charge < -0.3 is 11.1 Å². The number of aryl methyl sites for hydroxylation is 1. The Labute approximate surface area is 127 Å². The number of nitro benzene ring substituents is 1. The number of nitro groups is 1. The maximum absolute atomic E-state index is 11.2. The van der Waals surface area contributed by atoms with Crippen LogP contribution < -0.4 is 11.1 Å². The summed E-state index contributed by atoms with van der Waals surface area (Å²) in [4.78, 5) is 21.9. The molecule has 0 saturated carbocycles. The van der Waals surface area contributed by atoms with E-state index in [1.54, 1.807) is 6.07 Å². The quantitative estimate of drug-likeness (QED) is 0.669. The van der Waals surface area contributed by atoms with Crippen molar-refractivity contribution < 1.29 is 9.72 Å². The summed E-state index contributed by atoms with van der Waals surface area (Å²) in [6, 6.07) is 12.3. The number of rotatable bonds is 4. The molecule has 1 amide bonds. The molecule has 0 fully saturated rings. The number of carbonyl (C=O) groups is 1. The molecule has 0 aliphatic heterocycles. The molecule has 0 spiro atoms. The first kappa shape index (κ1) is 14.1.